The fraction of sp³-hybridized carbons (Fsp3) is 0.611. The van der Waals surface area contributed by atoms with E-state index in [1.165, 1.54) is 0 Å². The smallest absolute Gasteiger partial charge is 0.282 e. The van der Waals surface area contributed by atoms with Crippen molar-refractivity contribution in [2.24, 2.45) is 0 Å². The lowest BCUT2D eigenvalue weighted by Crippen LogP contribution is -2.57. The van der Waals surface area contributed by atoms with Crippen molar-refractivity contribution in [2.75, 3.05) is 39.3 Å². The fourth-order valence-electron chi connectivity index (χ4n) is 3.93. The maximum Gasteiger partial charge on any atom is 0.282 e. The van der Waals surface area contributed by atoms with Crippen molar-refractivity contribution in [1.29, 1.82) is 0 Å². The summed E-state index contributed by atoms with van der Waals surface area (Å²) in [6.45, 7) is 7.45. The fourth-order valence-corrected chi connectivity index (χ4v) is 5.93. The third-order valence-electron chi connectivity index (χ3n) is 5.29. The molecule has 2 aromatic rings. The van der Waals surface area contributed by atoms with Crippen LogP contribution < -0.4 is 0 Å². The highest BCUT2D eigenvalue weighted by Crippen LogP contribution is 2.21. The second-order valence-electron chi connectivity index (χ2n) is 7.50. The van der Waals surface area contributed by atoms with E-state index in [0.717, 1.165) is 11.1 Å². The number of hydrogen-bond donors (Lipinski definition) is 0. The minimum atomic E-state index is -3.47. The van der Waals surface area contributed by atoms with Gasteiger partial charge in [0, 0.05) is 39.3 Å². The van der Waals surface area contributed by atoms with Gasteiger partial charge in [0.05, 0.1) is 24.4 Å². The van der Waals surface area contributed by atoms with Gasteiger partial charge in [-0.15, -0.1) is 0 Å². The van der Waals surface area contributed by atoms with Crippen molar-refractivity contribution in [3.05, 3.63) is 29.1 Å². The second kappa shape index (κ2) is 7.85. The van der Waals surface area contributed by atoms with E-state index in [1.807, 2.05) is 42.7 Å². The molecular formula is C18H26N4O4S2. The van der Waals surface area contributed by atoms with Gasteiger partial charge in [-0.2, -0.15) is 17.0 Å². The quantitative estimate of drug-likeness (QED) is 0.696. The number of rotatable bonds is 4. The Morgan fingerprint density at radius 1 is 1.04 bits per heavy atom. The molecule has 4 rings (SSSR count). The minimum Gasteiger partial charge on any atom is -0.429 e. The average Bonchev–Trinajstić information content (AvgIpc) is 2.97. The van der Waals surface area contributed by atoms with Gasteiger partial charge in [-0.05, 0) is 38.2 Å². The van der Waals surface area contributed by atoms with Gasteiger partial charge in [-0.3, -0.25) is 9.47 Å². The van der Waals surface area contributed by atoms with Crippen molar-refractivity contribution in [3.63, 3.8) is 0 Å². The largest absolute Gasteiger partial charge is 0.429 e. The van der Waals surface area contributed by atoms with Crippen LogP contribution in [-0.4, -0.2) is 78.0 Å². The van der Waals surface area contributed by atoms with Crippen molar-refractivity contribution in [3.8, 4) is 0 Å². The Bertz CT molecular complexity index is 984. The molecule has 154 valence electrons. The third-order valence-corrected chi connectivity index (χ3v) is 7.56. The van der Waals surface area contributed by atoms with E-state index in [-0.39, 0.29) is 12.2 Å². The van der Waals surface area contributed by atoms with Gasteiger partial charge >= 0.3 is 0 Å². The molecule has 2 aliphatic heterocycles. The Kier molecular flexibility index (Phi) is 5.60. The summed E-state index contributed by atoms with van der Waals surface area (Å²) in [6, 6.07) is 7.76. The molecule has 0 N–H and O–H groups in total. The molecule has 3 heterocycles. The minimum absolute atomic E-state index is 0.0870. The van der Waals surface area contributed by atoms with Crippen LogP contribution in [0.5, 0.6) is 0 Å². The summed E-state index contributed by atoms with van der Waals surface area (Å²) in [5.74, 6) is 0. The average molecular weight is 427 g/mol. The summed E-state index contributed by atoms with van der Waals surface area (Å²) in [7, 11) is -3.47. The Hall–Kier alpha value is -1.30. The van der Waals surface area contributed by atoms with E-state index in [9.17, 15) is 8.42 Å². The zero-order valence-corrected chi connectivity index (χ0v) is 17.8. The maximum absolute atomic E-state index is 13.0. The van der Waals surface area contributed by atoms with Crippen LogP contribution in [0.25, 0.3) is 11.1 Å². The Morgan fingerprint density at radius 3 is 2.36 bits per heavy atom. The molecule has 1 aromatic heterocycles. The highest BCUT2D eigenvalue weighted by molar-refractivity contribution is 7.86. The van der Waals surface area contributed by atoms with Crippen molar-refractivity contribution in [1.82, 2.24) is 18.1 Å². The standard InChI is InChI=1S/C18H26N4O4S2/c1-14-11-21(12-15(2)25-14)28(23,24)20-9-7-19(8-10-20)13-22-16-5-3-4-6-17(16)26-18(22)27/h3-6,14-15H,7-13H2,1-2H3/t14-,15-/m0/s1. The first-order valence-electron chi connectivity index (χ1n) is 9.56. The monoisotopic (exact) mass is 426 g/mol. The molecule has 2 saturated heterocycles. The number of nitrogens with zero attached hydrogens (tertiary/aromatic N) is 4. The van der Waals surface area contributed by atoms with Gasteiger partial charge in [-0.25, -0.2) is 0 Å². The lowest BCUT2D eigenvalue weighted by Gasteiger charge is -2.40. The topological polar surface area (TPSA) is 71.2 Å². The summed E-state index contributed by atoms with van der Waals surface area (Å²) >= 11 is 5.36. The number of ether oxygens (including phenoxy) is 1. The number of para-hydroxylation sites is 2. The number of fused-ring (bicyclic) bond motifs is 1. The first-order chi connectivity index (χ1) is 13.3. The van der Waals surface area contributed by atoms with Crippen molar-refractivity contribution >= 4 is 33.5 Å². The van der Waals surface area contributed by atoms with Gasteiger partial charge in [0.15, 0.2) is 5.58 Å². The third kappa shape index (κ3) is 3.89. The van der Waals surface area contributed by atoms with Crippen LogP contribution >= 0.6 is 12.2 Å². The molecule has 8 nitrogen and oxygen atoms in total. The van der Waals surface area contributed by atoms with Crippen molar-refractivity contribution in [2.45, 2.75) is 32.7 Å². The summed E-state index contributed by atoms with van der Waals surface area (Å²) in [5.41, 5.74) is 1.73. The molecule has 0 saturated carbocycles. The molecule has 0 aliphatic carbocycles. The number of benzene rings is 1. The highest BCUT2D eigenvalue weighted by Gasteiger charge is 2.36. The van der Waals surface area contributed by atoms with Gasteiger partial charge in [0.25, 0.3) is 15.0 Å². The van der Waals surface area contributed by atoms with Crippen molar-refractivity contribution < 1.29 is 17.6 Å². The molecular weight excluding hydrogens is 400 g/mol. The number of morpholine rings is 1. The molecule has 0 radical (unpaired) electrons. The molecule has 2 atom stereocenters. The van der Waals surface area contributed by atoms with Crippen LogP contribution in [0, 0.1) is 4.84 Å². The van der Waals surface area contributed by atoms with Crippen LogP contribution in [0.1, 0.15) is 13.8 Å². The zero-order valence-electron chi connectivity index (χ0n) is 16.2. The molecule has 0 spiro atoms. The van der Waals surface area contributed by atoms with Gasteiger partial charge in [0.1, 0.15) is 0 Å². The molecule has 0 unspecified atom stereocenters. The molecule has 0 bridgehead atoms. The van der Waals surface area contributed by atoms with Crippen LogP contribution in [0.2, 0.25) is 0 Å². The van der Waals surface area contributed by atoms with Gasteiger partial charge in [-0.1, -0.05) is 12.1 Å². The van der Waals surface area contributed by atoms with Gasteiger partial charge < -0.3 is 9.15 Å². The van der Waals surface area contributed by atoms with Gasteiger partial charge in [0.2, 0.25) is 0 Å². The van der Waals surface area contributed by atoms with Crippen LogP contribution in [0.4, 0.5) is 0 Å². The zero-order chi connectivity index (χ0) is 19.9. The number of aromatic nitrogens is 1. The molecule has 28 heavy (non-hydrogen) atoms. The molecule has 0 amide bonds. The first kappa shape index (κ1) is 20.0. The molecule has 10 heteroatoms. The van der Waals surface area contributed by atoms with E-state index < -0.39 is 10.2 Å². The summed E-state index contributed by atoms with van der Waals surface area (Å²) < 4.78 is 42.5. The lowest BCUT2D eigenvalue weighted by atomic mass is 10.3. The normalized spacial score (nSPS) is 26.1. The second-order valence-corrected chi connectivity index (χ2v) is 9.78. The number of oxazole rings is 1. The van der Waals surface area contributed by atoms with Crippen LogP contribution in [-0.2, 0) is 21.6 Å². The van der Waals surface area contributed by atoms with Crippen LogP contribution in [0.3, 0.4) is 0 Å². The predicted octanol–water partition coefficient (Wildman–Crippen LogP) is 1.89. The number of hydrogen-bond acceptors (Lipinski definition) is 6. The van der Waals surface area contributed by atoms with E-state index in [1.54, 1.807) is 8.61 Å². The summed E-state index contributed by atoms with van der Waals surface area (Å²) in [5, 5.41) is 0. The summed E-state index contributed by atoms with van der Waals surface area (Å²) in [6.07, 6.45) is -0.174. The Morgan fingerprint density at radius 2 is 1.68 bits per heavy atom. The molecule has 2 fully saturated rings. The van der Waals surface area contributed by atoms with E-state index in [4.69, 9.17) is 21.4 Å². The molecule has 1 aromatic carbocycles. The Balaban J connectivity index is 1.42. The lowest BCUT2D eigenvalue weighted by molar-refractivity contribution is -0.0458. The SMILES string of the molecule is C[C@H]1CN(S(=O)(=O)N2CCN(Cn3c(=S)oc4ccccc43)CC2)C[C@H](C)O1. The van der Waals surface area contributed by atoms with E-state index >= 15 is 0 Å². The van der Waals surface area contributed by atoms with Crippen LogP contribution in [0.15, 0.2) is 28.7 Å². The van der Waals surface area contributed by atoms with E-state index in [0.29, 0.717) is 50.8 Å². The predicted molar refractivity (Wildman–Crippen MR) is 109 cm³/mol. The maximum atomic E-state index is 13.0. The summed E-state index contributed by atoms with van der Waals surface area (Å²) in [4.78, 5) is 2.64. The highest BCUT2D eigenvalue weighted by atomic mass is 32.2. The molecule has 2 aliphatic rings. The number of piperazine rings is 1. The first-order valence-corrected chi connectivity index (χ1v) is 11.4. The van der Waals surface area contributed by atoms with E-state index in [2.05, 4.69) is 4.90 Å². The Labute approximate surface area is 170 Å².